The summed E-state index contributed by atoms with van der Waals surface area (Å²) in [5, 5.41) is 3.67. The highest BCUT2D eigenvalue weighted by Crippen LogP contribution is 2.48. The Morgan fingerprint density at radius 2 is 1.51 bits per heavy atom. The van der Waals surface area contributed by atoms with Gasteiger partial charge in [0.2, 0.25) is 5.91 Å². The van der Waals surface area contributed by atoms with E-state index in [2.05, 4.69) is 47.8 Å². The van der Waals surface area contributed by atoms with Crippen LogP contribution in [0.1, 0.15) is 54.4 Å². The van der Waals surface area contributed by atoms with Crippen molar-refractivity contribution in [1.82, 2.24) is 14.9 Å². The van der Waals surface area contributed by atoms with E-state index in [9.17, 15) is 9.59 Å². The average molecular weight is 564 g/mol. The highest BCUT2D eigenvalue weighted by molar-refractivity contribution is 7.99. The van der Waals surface area contributed by atoms with E-state index < -0.39 is 0 Å². The molecule has 2 aliphatic rings. The number of aromatic nitrogens is 2. The van der Waals surface area contributed by atoms with E-state index >= 15 is 0 Å². The number of thioether (sulfide) groups is 1. The lowest BCUT2D eigenvalue weighted by Gasteiger charge is -2.42. The normalized spacial score (nSPS) is 15.2. The fourth-order valence-electron chi connectivity index (χ4n) is 6.59. The number of amides is 1. The molecule has 2 aliphatic carbocycles. The van der Waals surface area contributed by atoms with Crippen molar-refractivity contribution in [2.75, 3.05) is 12.3 Å². The molecule has 0 unspecified atom stereocenters. The fourth-order valence-corrected chi connectivity index (χ4v) is 7.43. The molecule has 41 heavy (non-hydrogen) atoms. The van der Waals surface area contributed by atoms with Gasteiger partial charge < -0.3 is 5.32 Å². The number of benzene rings is 3. The Morgan fingerprint density at radius 3 is 2.24 bits per heavy atom. The van der Waals surface area contributed by atoms with E-state index in [0.29, 0.717) is 18.2 Å². The van der Waals surface area contributed by atoms with E-state index in [0.717, 1.165) is 61.8 Å². The number of nitrogens with one attached hydrogen (secondary N) is 1. The van der Waals surface area contributed by atoms with Crippen LogP contribution < -0.4 is 10.9 Å². The van der Waals surface area contributed by atoms with Crippen LogP contribution >= 0.6 is 11.8 Å². The Labute approximate surface area is 246 Å². The Hall–Kier alpha value is -3.64. The molecule has 0 radical (unpaired) electrons. The minimum Gasteiger partial charge on any atom is -0.355 e. The maximum absolute atomic E-state index is 14.5. The van der Waals surface area contributed by atoms with Gasteiger partial charge in [-0.3, -0.25) is 14.2 Å². The summed E-state index contributed by atoms with van der Waals surface area (Å²) in [6.45, 7) is 1.12. The number of aryl methyl sites for hydroxylation is 1. The van der Waals surface area contributed by atoms with Crippen LogP contribution in [-0.4, -0.2) is 27.8 Å². The van der Waals surface area contributed by atoms with Crippen LogP contribution in [0.15, 0.2) is 94.9 Å². The summed E-state index contributed by atoms with van der Waals surface area (Å²) < 4.78 is 1.86. The van der Waals surface area contributed by atoms with E-state index in [-0.39, 0.29) is 22.6 Å². The highest BCUT2D eigenvalue weighted by Gasteiger charge is 2.43. The predicted molar refractivity (Wildman–Crippen MR) is 166 cm³/mol. The lowest BCUT2D eigenvalue weighted by molar-refractivity contribution is -0.118. The molecule has 1 amide bonds. The third-order valence-electron chi connectivity index (χ3n) is 8.65. The zero-order valence-electron chi connectivity index (χ0n) is 23.5. The minimum atomic E-state index is -0.154. The Morgan fingerprint density at radius 1 is 0.854 bits per heavy atom. The van der Waals surface area contributed by atoms with Crippen molar-refractivity contribution in [3.63, 3.8) is 0 Å². The summed E-state index contributed by atoms with van der Waals surface area (Å²) in [6, 6.07) is 28.9. The van der Waals surface area contributed by atoms with E-state index in [4.69, 9.17) is 4.98 Å². The smallest absolute Gasteiger partial charge is 0.258 e. The highest BCUT2D eigenvalue weighted by atomic mass is 32.2. The zero-order chi connectivity index (χ0) is 28.1. The quantitative estimate of drug-likeness (QED) is 0.190. The largest absolute Gasteiger partial charge is 0.355 e. The van der Waals surface area contributed by atoms with Crippen molar-refractivity contribution in [1.29, 1.82) is 0 Å². The lowest BCUT2D eigenvalue weighted by Crippen LogP contribution is -2.43. The molecular formula is C35H37N3O2S. The Kier molecular flexibility index (Phi) is 8.38. The number of hydrogen-bond donors (Lipinski definition) is 1. The maximum Gasteiger partial charge on any atom is 0.258 e. The van der Waals surface area contributed by atoms with Gasteiger partial charge in [0.25, 0.3) is 5.56 Å². The summed E-state index contributed by atoms with van der Waals surface area (Å²) in [5.41, 5.74) is 6.40. The monoisotopic (exact) mass is 563 g/mol. The molecule has 6 heteroatoms. The van der Waals surface area contributed by atoms with Crippen LogP contribution in [0, 0.1) is 0 Å². The van der Waals surface area contributed by atoms with Crippen molar-refractivity contribution >= 4 is 17.7 Å². The molecule has 5 nitrogen and oxygen atoms in total. The average Bonchev–Trinajstić information content (AvgIpc) is 3.01. The standard InChI is InChI=1S/C35H37N3O2S/c39-30(36-22-18-26-12-4-1-5-13-26)25-41-34-37-32-29-17-9-8-16-28(29)24-35(20-10-3-11-21-35)31(32)33(40)38(34)23-19-27-14-6-2-7-15-27/h1-2,4-9,12-17H,3,10-11,18-25H2,(H,36,39). The van der Waals surface area contributed by atoms with Crippen LogP contribution in [0.4, 0.5) is 0 Å². The van der Waals surface area contributed by atoms with Crippen LogP contribution in [0.2, 0.25) is 0 Å². The van der Waals surface area contributed by atoms with Gasteiger partial charge in [-0.05, 0) is 48.8 Å². The molecule has 3 aromatic carbocycles. The Balaban J connectivity index is 1.32. The molecule has 1 spiro atoms. The number of carbonyl (C=O) groups is 1. The molecular weight excluding hydrogens is 526 g/mol. The first-order valence-corrected chi connectivity index (χ1v) is 15.8. The summed E-state index contributed by atoms with van der Waals surface area (Å²) in [4.78, 5) is 32.6. The van der Waals surface area contributed by atoms with Gasteiger partial charge in [-0.2, -0.15) is 0 Å². The van der Waals surface area contributed by atoms with Crippen LogP contribution in [0.3, 0.4) is 0 Å². The number of fused-ring (bicyclic) bond motifs is 4. The Bertz CT molecular complexity index is 1560. The first-order valence-electron chi connectivity index (χ1n) is 14.8. The molecule has 4 aromatic rings. The van der Waals surface area contributed by atoms with Gasteiger partial charge in [-0.15, -0.1) is 0 Å². The van der Waals surface area contributed by atoms with Gasteiger partial charge in [0.05, 0.1) is 17.0 Å². The van der Waals surface area contributed by atoms with Crippen molar-refractivity contribution in [2.45, 2.75) is 68.5 Å². The molecule has 1 N–H and O–H groups in total. The van der Waals surface area contributed by atoms with Crippen molar-refractivity contribution in [2.24, 2.45) is 0 Å². The van der Waals surface area contributed by atoms with Gasteiger partial charge in [0, 0.05) is 24.1 Å². The summed E-state index contributed by atoms with van der Waals surface area (Å²) in [7, 11) is 0. The molecule has 6 rings (SSSR count). The van der Waals surface area contributed by atoms with Crippen molar-refractivity contribution < 1.29 is 4.79 Å². The van der Waals surface area contributed by atoms with Crippen molar-refractivity contribution in [3.8, 4) is 11.3 Å². The van der Waals surface area contributed by atoms with Gasteiger partial charge in [0.15, 0.2) is 5.16 Å². The van der Waals surface area contributed by atoms with Gasteiger partial charge in [-0.25, -0.2) is 4.98 Å². The van der Waals surface area contributed by atoms with Crippen LogP contribution in [-0.2, 0) is 36.0 Å². The summed E-state index contributed by atoms with van der Waals surface area (Å²) in [6.07, 6.45) is 8.00. The first kappa shape index (κ1) is 27.5. The second kappa shape index (κ2) is 12.5. The number of nitrogens with zero attached hydrogens (tertiary/aromatic N) is 2. The third-order valence-corrected chi connectivity index (χ3v) is 9.63. The van der Waals surface area contributed by atoms with Gasteiger partial charge >= 0.3 is 0 Å². The molecule has 1 heterocycles. The van der Waals surface area contributed by atoms with Crippen molar-refractivity contribution in [3.05, 3.63) is 118 Å². The molecule has 1 aromatic heterocycles. The summed E-state index contributed by atoms with van der Waals surface area (Å²) in [5.74, 6) is 0.176. The SMILES string of the molecule is O=C(CSc1nc2c(c(=O)n1CCc1ccccc1)C1(CCCCC1)Cc1ccccc1-2)NCCc1ccccc1. The van der Waals surface area contributed by atoms with E-state index in [1.165, 1.54) is 34.9 Å². The van der Waals surface area contributed by atoms with E-state index in [1.807, 2.05) is 47.0 Å². The molecule has 0 bridgehead atoms. The molecule has 0 saturated heterocycles. The third kappa shape index (κ3) is 6.03. The number of carbonyl (C=O) groups excluding carboxylic acids is 1. The molecule has 0 atom stereocenters. The lowest BCUT2D eigenvalue weighted by atomic mass is 9.62. The molecule has 1 fully saturated rings. The maximum atomic E-state index is 14.5. The van der Waals surface area contributed by atoms with Crippen LogP contribution in [0.5, 0.6) is 0 Å². The topological polar surface area (TPSA) is 64.0 Å². The second-order valence-electron chi connectivity index (χ2n) is 11.4. The van der Waals surface area contributed by atoms with Gasteiger partial charge in [-0.1, -0.05) is 116 Å². The number of rotatable bonds is 9. The molecule has 0 aliphatic heterocycles. The van der Waals surface area contributed by atoms with Gasteiger partial charge in [0.1, 0.15) is 0 Å². The fraction of sp³-hybridized carbons (Fsp3) is 0.343. The number of hydrogen-bond acceptors (Lipinski definition) is 4. The minimum absolute atomic E-state index is 0.0448. The molecule has 210 valence electrons. The second-order valence-corrected chi connectivity index (χ2v) is 12.3. The zero-order valence-corrected chi connectivity index (χ0v) is 24.3. The predicted octanol–water partition coefficient (Wildman–Crippen LogP) is 6.36. The van der Waals surface area contributed by atoms with Crippen LogP contribution in [0.25, 0.3) is 11.3 Å². The first-order chi connectivity index (χ1) is 20.1. The van der Waals surface area contributed by atoms with E-state index in [1.54, 1.807) is 0 Å². The molecule has 1 saturated carbocycles. The summed E-state index contributed by atoms with van der Waals surface area (Å²) >= 11 is 1.37.